The highest BCUT2D eigenvalue weighted by molar-refractivity contribution is 6.34. The van der Waals surface area contributed by atoms with Gasteiger partial charge in [-0.3, -0.25) is 4.79 Å². The summed E-state index contributed by atoms with van der Waals surface area (Å²) < 4.78 is 4.70. The van der Waals surface area contributed by atoms with Crippen molar-refractivity contribution in [3.8, 4) is 0 Å². The van der Waals surface area contributed by atoms with Crippen LogP contribution in [0, 0.1) is 0 Å². The Morgan fingerprint density at radius 1 is 1.29 bits per heavy atom. The molecule has 0 N–H and O–H groups in total. The molecule has 0 bridgehead atoms. The molecule has 0 aliphatic carbocycles. The first kappa shape index (κ1) is 13.7. The molecule has 0 aliphatic rings. The Labute approximate surface area is 106 Å². The van der Waals surface area contributed by atoms with Crippen molar-refractivity contribution in [1.29, 1.82) is 0 Å². The third kappa shape index (κ3) is 4.19. The lowest BCUT2D eigenvalue weighted by atomic mass is 10.1. The summed E-state index contributed by atoms with van der Waals surface area (Å²) in [4.78, 5) is 21.9. The van der Waals surface area contributed by atoms with Crippen molar-refractivity contribution in [3.05, 3.63) is 35.9 Å². The molecular formula is C13H15ClO3. The van der Waals surface area contributed by atoms with E-state index in [4.69, 9.17) is 16.3 Å². The van der Waals surface area contributed by atoms with Gasteiger partial charge in [0.1, 0.15) is 4.87 Å². The Bertz CT molecular complexity index is 398. The van der Waals surface area contributed by atoms with Gasteiger partial charge in [-0.1, -0.05) is 37.3 Å². The van der Waals surface area contributed by atoms with E-state index in [9.17, 15) is 9.59 Å². The van der Waals surface area contributed by atoms with Crippen LogP contribution in [0.5, 0.6) is 0 Å². The third-order valence-electron chi connectivity index (χ3n) is 2.49. The van der Waals surface area contributed by atoms with Crippen LogP contribution in [0.4, 0.5) is 0 Å². The standard InChI is InChI=1S/C13H15ClO3/c1-3-13(2,14)12(16)17-11(15)9-10-7-5-4-6-8-10/h4-8H,3,9H2,1-2H3. The van der Waals surface area contributed by atoms with Gasteiger partial charge in [-0.25, -0.2) is 4.79 Å². The molecule has 1 aromatic carbocycles. The highest BCUT2D eigenvalue weighted by atomic mass is 35.5. The molecule has 1 aromatic rings. The fourth-order valence-corrected chi connectivity index (χ4v) is 1.19. The van der Waals surface area contributed by atoms with Crippen LogP contribution >= 0.6 is 11.6 Å². The number of halogens is 1. The van der Waals surface area contributed by atoms with Crippen molar-refractivity contribution in [1.82, 2.24) is 0 Å². The maximum Gasteiger partial charge on any atom is 0.334 e. The number of rotatable bonds is 4. The monoisotopic (exact) mass is 254 g/mol. The molecule has 0 aromatic heterocycles. The van der Waals surface area contributed by atoms with E-state index < -0.39 is 16.8 Å². The maximum absolute atomic E-state index is 11.5. The highest BCUT2D eigenvalue weighted by Gasteiger charge is 2.31. The summed E-state index contributed by atoms with van der Waals surface area (Å²) in [6.45, 7) is 3.29. The summed E-state index contributed by atoms with van der Waals surface area (Å²) in [5.74, 6) is -1.27. The smallest absolute Gasteiger partial charge is 0.334 e. The Kier molecular flexibility index (Phi) is 4.70. The van der Waals surface area contributed by atoms with E-state index in [1.165, 1.54) is 6.92 Å². The maximum atomic E-state index is 11.5. The Hall–Kier alpha value is -1.35. The summed E-state index contributed by atoms with van der Waals surface area (Å²) >= 11 is 5.89. The van der Waals surface area contributed by atoms with Crippen molar-refractivity contribution in [2.45, 2.75) is 31.6 Å². The van der Waals surface area contributed by atoms with Crippen LogP contribution in [0.15, 0.2) is 30.3 Å². The van der Waals surface area contributed by atoms with Gasteiger partial charge in [0, 0.05) is 0 Å². The number of esters is 2. The number of hydrogen-bond acceptors (Lipinski definition) is 3. The van der Waals surface area contributed by atoms with Gasteiger partial charge in [0.25, 0.3) is 0 Å². The number of hydrogen-bond donors (Lipinski definition) is 0. The van der Waals surface area contributed by atoms with E-state index in [0.717, 1.165) is 5.56 Å². The number of carbonyl (C=O) groups is 2. The zero-order valence-corrected chi connectivity index (χ0v) is 10.7. The number of benzene rings is 1. The predicted octanol–water partition coefficient (Wildman–Crippen LogP) is 2.71. The van der Waals surface area contributed by atoms with Crippen molar-refractivity contribution >= 4 is 23.5 Å². The summed E-state index contributed by atoms with van der Waals surface area (Å²) in [6, 6.07) is 9.09. The fourth-order valence-electron chi connectivity index (χ4n) is 1.15. The van der Waals surface area contributed by atoms with Crippen LogP contribution in [0.3, 0.4) is 0 Å². The largest absolute Gasteiger partial charge is 0.392 e. The van der Waals surface area contributed by atoms with Gasteiger partial charge in [0.15, 0.2) is 0 Å². The topological polar surface area (TPSA) is 43.4 Å². The van der Waals surface area contributed by atoms with Crippen molar-refractivity contribution in [2.75, 3.05) is 0 Å². The van der Waals surface area contributed by atoms with Crippen LogP contribution in [0.1, 0.15) is 25.8 Å². The van der Waals surface area contributed by atoms with E-state index >= 15 is 0 Å². The minimum absolute atomic E-state index is 0.0727. The molecule has 0 fully saturated rings. The van der Waals surface area contributed by atoms with Crippen LogP contribution in [0.2, 0.25) is 0 Å². The molecule has 0 saturated carbocycles. The molecule has 0 spiro atoms. The minimum atomic E-state index is -1.13. The SMILES string of the molecule is CCC(C)(Cl)C(=O)OC(=O)Cc1ccccc1. The average molecular weight is 255 g/mol. The molecule has 1 rings (SSSR count). The number of alkyl halides is 1. The average Bonchev–Trinajstić information content (AvgIpc) is 2.30. The molecule has 92 valence electrons. The van der Waals surface area contributed by atoms with Crippen molar-refractivity contribution in [2.24, 2.45) is 0 Å². The van der Waals surface area contributed by atoms with E-state index in [0.29, 0.717) is 6.42 Å². The second-order valence-electron chi connectivity index (χ2n) is 3.97. The molecule has 1 atom stereocenters. The number of carbonyl (C=O) groups excluding carboxylic acids is 2. The van der Waals surface area contributed by atoms with E-state index in [1.54, 1.807) is 19.1 Å². The lowest BCUT2D eigenvalue weighted by Gasteiger charge is -2.16. The Balaban J connectivity index is 2.54. The zero-order valence-electron chi connectivity index (χ0n) is 9.90. The third-order valence-corrected chi connectivity index (χ3v) is 2.91. The van der Waals surface area contributed by atoms with E-state index in [2.05, 4.69) is 0 Å². The molecule has 1 unspecified atom stereocenters. The van der Waals surface area contributed by atoms with Gasteiger partial charge in [-0.05, 0) is 18.9 Å². The van der Waals surface area contributed by atoms with Gasteiger partial charge in [0.2, 0.25) is 0 Å². The second-order valence-corrected chi connectivity index (χ2v) is 4.81. The molecule has 0 saturated heterocycles. The molecule has 0 heterocycles. The Morgan fingerprint density at radius 2 is 1.88 bits per heavy atom. The van der Waals surface area contributed by atoms with Crippen molar-refractivity contribution in [3.63, 3.8) is 0 Å². The zero-order chi connectivity index (χ0) is 12.9. The van der Waals surface area contributed by atoms with E-state index in [-0.39, 0.29) is 6.42 Å². The van der Waals surface area contributed by atoms with Gasteiger partial charge in [-0.15, -0.1) is 11.6 Å². The van der Waals surface area contributed by atoms with Gasteiger partial charge in [0.05, 0.1) is 6.42 Å². The van der Waals surface area contributed by atoms with Crippen LogP contribution in [-0.2, 0) is 20.7 Å². The minimum Gasteiger partial charge on any atom is -0.392 e. The van der Waals surface area contributed by atoms with Gasteiger partial charge >= 0.3 is 11.9 Å². The molecule has 4 heteroatoms. The first-order chi connectivity index (χ1) is 7.95. The normalized spacial score (nSPS) is 13.8. The van der Waals surface area contributed by atoms with Gasteiger partial charge < -0.3 is 4.74 Å². The Morgan fingerprint density at radius 3 is 2.41 bits per heavy atom. The fraction of sp³-hybridized carbons (Fsp3) is 0.385. The van der Waals surface area contributed by atoms with Crippen LogP contribution in [0.25, 0.3) is 0 Å². The summed E-state index contributed by atoms with van der Waals surface area (Å²) in [5.41, 5.74) is 0.804. The molecule has 0 amide bonds. The molecular weight excluding hydrogens is 240 g/mol. The molecule has 0 radical (unpaired) electrons. The van der Waals surface area contributed by atoms with Gasteiger partial charge in [-0.2, -0.15) is 0 Å². The first-order valence-corrected chi connectivity index (χ1v) is 5.81. The second kappa shape index (κ2) is 5.82. The van der Waals surface area contributed by atoms with Crippen LogP contribution in [-0.4, -0.2) is 16.8 Å². The van der Waals surface area contributed by atoms with E-state index in [1.807, 2.05) is 18.2 Å². The summed E-state index contributed by atoms with van der Waals surface area (Å²) in [6.07, 6.45) is 0.481. The first-order valence-electron chi connectivity index (χ1n) is 5.43. The molecule has 17 heavy (non-hydrogen) atoms. The quantitative estimate of drug-likeness (QED) is 0.471. The molecule has 0 aliphatic heterocycles. The summed E-state index contributed by atoms with van der Waals surface area (Å²) in [7, 11) is 0. The van der Waals surface area contributed by atoms with Crippen LogP contribution < -0.4 is 0 Å². The molecule has 3 nitrogen and oxygen atoms in total. The lowest BCUT2D eigenvalue weighted by Crippen LogP contribution is -2.32. The highest BCUT2D eigenvalue weighted by Crippen LogP contribution is 2.20. The summed E-state index contributed by atoms with van der Waals surface area (Å²) in [5, 5.41) is 0. The lowest BCUT2D eigenvalue weighted by molar-refractivity contribution is -0.160. The predicted molar refractivity (Wildman–Crippen MR) is 65.8 cm³/mol. The van der Waals surface area contributed by atoms with Crippen molar-refractivity contribution < 1.29 is 14.3 Å². The number of ether oxygens (including phenoxy) is 1.